The molecule has 0 spiro atoms. The molecule has 0 radical (unpaired) electrons. The molecule has 0 aliphatic rings. The Hall–Kier alpha value is -6.05. The number of methoxy groups -OCH3 is 2. The van der Waals surface area contributed by atoms with Gasteiger partial charge in [0.1, 0.15) is 23.0 Å². The molecule has 5 aromatic carbocycles. The van der Waals surface area contributed by atoms with E-state index in [0.717, 1.165) is 27.8 Å². The summed E-state index contributed by atoms with van der Waals surface area (Å²) in [5.74, 6) is 0.126. The van der Waals surface area contributed by atoms with Crippen LogP contribution >= 0.6 is 0 Å². The molecule has 0 fully saturated rings. The number of para-hydroxylation sites is 2. The molecule has 2 aromatic heterocycles. The Morgan fingerprint density at radius 1 is 0.707 bits per heavy atom. The number of hydrazine groups is 1. The van der Waals surface area contributed by atoms with E-state index in [1.54, 1.807) is 37.1 Å². The van der Waals surface area contributed by atoms with Gasteiger partial charge in [-0.3, -0.25) is 0 Å². The molecule has 0 aliphatic carbocycles. The first kappa shape index (κ1) is 40.2. The maximum Gasteiger partial charge on any atom is 0.422 e. The van der Waals surface area contributed by atoms with Crippen molar-refractivity contribution in [3.8, 4) is 28.7 Å². The summed E-state index contributed by atoms with van der Waals surface area (Å²) < 4.78 is 93.7. The van der Waals surface area contributed by atoms with Crippen LogP contribution in [0, 0.1) is 11.6 Å². The predicted molar refractivity (Wildman–Crippen MR) is 213 cm³/mol. The van der Waals surface area contributed by atoms with Gasteiger partial charge in [-0.15, -0.1) is 0 Å². The number of rotatable bonds is 17. The second-order valence-corrected chi connectivity index (χ2v) is 14.0. The van der Waals surface area contributed by atoms with Gasteiger partial charge >= 0.3 is 6.18 Å². The molecule has 1 N–H and O–H groups in total. The molecule has 0 atom stereocenters. The number of ether oxygens (including phenoxy) is 4. The minimum Gasteiger partial charge on any atom is -0.495 e. The number of aromatic nitrogens is 2. The van der Waals surface area contributed by atoms with Gasteiger partial charge in [-0.25, -0.2) is 18.8 Å². The number of fused-ring (bicyclic) bond motifs is 2. The first-order valence-electron chi connectivity index (χ1n) is 18.7. The van der Waals surface area contributed by atoms with Crippen LogP contribution in [0.15, 0.2) is 116 Å². The largest absolute Gasteiger partial charge is 0.495 e. The Kier molecular flexibility index (Phi) is 12.2. The fourth-order valence-corrected chi connectivity index (χ4v) is 7.27. The van der Waals surface area contributed by atoms with E-state index in [0.29, 0.717) is 60.6 Å². The number of nitrogens with one attached hydrogen (secondary N) is 1. The van der Waals surface area contributed by atoms with Crippen LogP contribution in [-0.4, -0.2) is 59.7 Å². The minimum absolute atomic E-state index is 0.0880. The highest BCUT2D eigenvalue weighted by Gasteiger charge is 2.29. The lowest BCUT2D eigenvalue weighted by Crippen LogP contribution is -2.44. The van der Waals surface area contributed by atoms with Crippen LogP contribution in [-0.2, 0) is 33.0 Å². The summed E-state index contributed by atoms with van der Waals surface area (Å²) in [6, 6.07) is 31.0. The third-order valence-electron chi connectivity index (χ3n) is 9.98. The molecule has 0 saturated heterocycles. The van der Waals surface area contributed by atoms with Crippen LogP contribution < -0.4 is 18.9 Å². The summed E-state index contributed by atoms with van der Waals surface area (Å²) in [4.78, 5) is 3.35. The summed E-state index contributed by atoms with van der Waals surface area (Å²) in [7, 11) is 4.59. The Labute approximate surface area is 332 Å². The van der Waals surface area contributed by atoms with E-state index in [-0.39, 0.29) is 17.7 Å². The molecule has 7 rings (SSSR count). The standard InChI is InChI=1S/C45H43F5N4O4/c1-52-28-33(41-39(52)24-38(46)44(56-3)42(41)47)19-21-54(26-30-10-7-14-35(22-30)57-29-45(48,49)50)53(20-18-32-25-51-43-37(32)16-9-17-40(43)55-2)27-31-11-8-15-36(23-31)58-34-12-5-4-6-13-34/h4-17,22-25,28,51H,18-21,26-27,29H2,1-3H3. The molecule has 0 unspecified atom stereocenters. The Balaban J connectivity index is 1.26. The van der Waals surface area contributed by atoms with Gasteiger partial charge in [0.2, 0.25) is 0 Å². The molecule has 0 aliphatic heterocycles. The van der Waals surface area contributed by atoms with E-state index in [9.17, 15) is 17.6 Å². The lowest BCUT2D eigenvalue weighted by Gasteiger charge is -2.36. The van der Waals surface area contributed by atoms with Gasteiger partial charge in [0.25, 0.3) is 0 Å². The van der Waals surface area contributed by atoms with Crippen molar-refractivity contribution >= 4 is 21.8 Å². The third kappa shape index (κ3) is 9.38. The van der Waals surface area contributed by atoms with E-state index >= 15 is 4.39 Å². The lowest BCUT2D eigenvalue weighted by atomic mass is 10.1. The summed E-state index contributed by atoms with van der Waals surface area (Å²) >= 11 is 0. The lowest BCUT2D eigenvalue weighted by molar-refractivity contribution is -0.153. The molecule has 302 valence electrons. The van der Waals surface area contributed by atoms with Crippen LogP contribution in [0.3, 0.4) is 0 Å². The zero-order chi connectivity index (χ0) is 40.8. The Morgan fingerprint density at radius 3 is 2.02 bits per heavy atom. The van der Waals surface area contributed by atoms with E-state index < -0.39 is 30.2 Å². The second kappa shape index (κ2) is 17.6. The van der Waals surface area contributed by atoms with Crippen LogP contribution in [0.1, 0.15) is 22.3 Å². The van der Waals surface area contributed by atoms with Gasteiger partial charge in [-0.05, 0) is 77.6 Å². The Morgan fingerprint density at radius 2 is 1.34 bits per heavy atom. The number of hydrogen-bond donors (Lipinski definition) is 1. The van der Waals surface area contributed by atoms with E-state index in [2.05, 4.69) is 15.0 Å². The van der Waals surface area contributed by atoms with Crippen LogP contribution in [0.2, 0.25) is 0 Å². The van der Waals surface area contributed by atoms with Crippen molar-refractivity contribution in [3.63, 3.8) is 0 Å². The predicted octanol–water partition coefficient (Wildman–Crippen LogP) is 10.4. The fourth-order valence-electron chi connectivity index (χ4n) is 7.27. The zero-order valence-electron chi connectivity index (χ0n) is 32.3. The highest BCUT2D eigenvalue weighted by atomic mass is 19.4. The summed E-state index contributed by atoms with van der Waals surface area (Å²) in [5, 5.41) is 5.57. The summed E-state index contributed by atoms with van der Waals surface area (Å²) in [5.41, 5.74) is 4.62. The number of halogens is 5. The number of aromatic amines is 1. The minimum atomic E-state index is -4.50. The fraction of sp³-hybridized carbons (Fsp3) is 0.244. The number of H-pyrrole nitrogens is 1. The van der Waals surface area contributed by atoms with Crippen molar-refractivity contribution < 1.29 is 40.9 Å². The first-order chi connectivity index (χ1) is 28.0. The molecule has 8 nitrogen and oxygen atoms in total. The molecule has 58 heavy (non-hydrogen) atoms. The molecule has 0 saturated carbocycles. The molecule has 2 heterocycles. The summed E-state index contributed by atoms with van der Waals surface area (Å²) in [6.45, 7) is 0.149. The van der Waals surface area contributed by atoms with Crippen molar-refractivity contribution in [3.05, 3.63) is 149 Å². The third-order valence-corrected chi connectivity index (χ3v) is 9.98. The quantitative estimate of drug-likeness (QED) is 0.0731. The van der Waals surface area contributed by atoms with Crippen LogP contribution in [0.5, 0.6) is 28.7 Å². The van der Waals surface area contributed by atoms with Gasteiger partial charge in [0.15, 0.2) is 24.0 Å². The average molecular weight is 799 g/mol. The molecular formula is C45H43F5N4O4. The van der Waals surface area contributed by atoms with Gasteiger partial charge in [-0.1, -0.05) is 54.6 Å². The zero-order valence-corrected chi connectivity index (χ0v) is 32.3. The number of benzene rings is 5. The molecule has 0 amide bonds. The van der Waals surface area contributed by atoms with E-state index in [4.69, 9.17) is 18.9 Å². The normalized spacial score (nSPS) is 11.9. The average Bonchev–Trinajstić information content (AvgIpc) is 3.77. The van der Waals surface area contributed by atoms with Crippen molar-refractivity contribution in [1.82, 2.24) is 19.6 Å². The number of nitrogens with zero attached hydrogens (tertiary/aromatic N) is 3. The maximum absolute atomic E-state index is 15.9. The van der Waals surface area contributed by atoms with Gasteiger partial charge in [0.05, 0.1) is 25.3 Å². The maximum atomic E-state index is 15.9. The van der Waals surface area contributed by atoms with Crippen molar-refractivity contribution in [2.24, 2.45) is 7.05 Å². The summed E-state index contributed by atoms with van der Waals surface area (Å²) in [6.07, 6.45) is 0.202. The topological polar surface area (TPSA) is 64.1 Å². The molecule has 13 heteroatoms. The van der Waals surface area contributed by atoms with Gasteiger partial charge < -0.3 is 28.5 Å². The van der Waals surface area contributed by atoms with Gasteiger partial charge in [0, 0.05) is 62.5 Å². The molecule has 7 aromatic rings. The smallest absolute Gasteiger partial charge is 0.422 e. The number of alkyl halides is 3. The van der Waals surface area contributed by atoms with E-state index in [1.165, 1.54) is 19.2 Å². The Bertz CT molecular complexity index is 2480. The van der Waals surface area contributed by atoms with Gasteiger partial charge in [-0.2, -0.15) is 13.2 Å². The van der Waals surface area contributed by atoms with E-state index in [1.807, 2.05) is 85.1 Å². The van der Waals surface area contributed by atoms with Crippen LogP contribution in [0.25, 0.3) is 21.8 Å². The van der Waals surface area contributed by atoms with Crippen LogP contribution in [0.4, 0.5) is 22.0 Å². The number of hydrogen-bond acceptors (Lipinski definition) is 6. The monoisotopic (exact) mass is 798 g/mol. The number of aryl methyl sites for hydroxylation is 1. The molecular weight excluding hydrogens is 756 g/mol. The highest BCUT2D eigenvalue weighted by molar-refractivity contribution is 5.88. The van der Waals surface area contributed by atoms with Crippen molar-refractivity contribution in [2.75, 3.05) is 33.9 Å². The second-order valence-electron chi connectivity index (χ2n) is 14.0. The van der Waals surface area contributed by atoms with Crippen molar-refractivity contribution in [2.45, 2.75) is 32.1 Å². The molecule has 0 bridgehead atoms. The highest BCUT2D eigenvalue weighted by Crippen LogP contribution is 2.34. The first-order valence-corrected chi connectivity index (χ1v) is 18.7. The SMILES string of the molecule is COc1c(F)cc2c(c(CCN(Cc3cccc(OCC(F)(F)F)c3)N(CCc3c[nH]c4c(OC)cccc34)Cc3cccc(Oc4ccccc4)c3)cn2C)c1F. The van der Waals surface area contributed by atoms with Crippen molar-refractivity contribution in [1.29, 1.82) is 0 Å².